The van der Waals surface area contributed by atoms with Gasteiger partial charge < -0.3 is 0 Å². The van der Waals surface area contributed by atoms with Crippen molar-refractivity contribution in [2.24, 2.45) is 0 Å². The molecule has 0 aliphatic heterocycles. The first-order chi connectivity index (χ1) is 1.73. The van der Waals surface area contributed by atoms with Crippen LogP contribution in [0.25, 0.3) is 0 Å². The maximum atomic E-state index is 2.23. The SMILES string of the molecule is BP(C)C. The lowest BCUT2D eigenvalue weighted by molar-refractivity contribution is 2.29. The molecule has 2 heteroatoms. The van der Waals surface area contributed by atoms with Gasteiger partial charge in [0.05, 0.1) is 0 Å². The summed E-state index contributed by atoms with van der Waals surface area (Å²) in [5.41, 5.74) is 0. The summed E-state index contributed by atoms with van der Waals surface area (Å²) in [4.78, 5) is 0. The monoisotopic (exact) mass is 74.0 g/mol. The van der Waals surface area contributed by atoms with Crippen molar-refractivity contribution in [3.8, 4) is 0 Å². The van der Waals surface area contributed by atoms with Crippen LogP contribution in [0.15, 0.2) is 0 Å². The van der Waals surface area contributed by atoms with Crippen LogP contribution in [-0.4, -0.2) is 20.9 Å². The lowest BCUT2D eigenvalue weighted by atomic mass is 10.8. The summed E-state index contributed by atoms with van der Waals surface area (Å²) in [7, 11) is 2.61. The molecule has 0 aliphatic rings. The Balaban J connectivity index is 2.32. The summed E-state index contributed by atoms with van der Waals surface area (Å²) in [5.74, 6) is 0. The van der Waals surface area contributed by atoms with Gasteiger partial charge >= 0.3 is 0 Å². The third kappa shape index (κ3) is 22.8. The highest BCUT2D eigenvalue weighted by Gasteiger charge is 1.66. The maximum Gasteiger partial charge on any atom is 0.133 e. The molecule has 0 fully saturated rings. The number of hydrogen-bond acceptors (Lipinski definition) is 0. The molecule has 0 spiro atoms. The molecule has 0 aliphatic carbocycles. The molecular formula is C2H8BP. The molecule has 24 valence electrons. The topological polar surface area (TPSA) is 0 Å². The third-order valence-electron chi connectivity index (χ3n) is 0. The summed E-state index contributed by atoms with van der Waals surface area (Å²) in [6, 6.07) is 0. The Morgan fingerprint density at radius 1 is 1.50 bits per heavy atom. The summed E-state index contributed by atoms with van der Waals surface area (Å²) in [6.07, 6.45) is 0. The second-order valence-electron chi connectivity index (χ2n) is 1.34. The summed E-state index contributed by atoms with van der Waals surface area (Å²) >= 11 is 0. The van der Waals surface area contributed by atoms with E-state index < -0.39 is 0 Å². The Morgan fingerprint density at radius 3 is 1.50 bits per heavy atom. The van der Waals surface area contributed by atoms with Crippen LogP contribution < -0.4 is 0 Å². The second kappa shape index (κ2) is 1.78. The molecule has 0 aromatic rings. The van der Waals surface area contributed by atoms with Gasteiger partial charge in [0, 0.05) is 0 Å². The summed E-state index contributed by atoms with van der Waals surface area (Å²) in [5, 5.41) is 0. The van der Waals surface area contributed by atoms with Crippen molar-refractivity contribution in [2.75, 3.05) is 13.3 Å². The van der Waals surface area contributed by atoms with Crippen molar-refractivity contribution in [3.63, 3.8) is 0 Å². The number of hydrogen-bond donors (Lipinski definition) is 0. The summed E-state index contributed by atoms with van der Waals surface area (Å²) < 4.78 is 0. The smallest absolute Gasteiger partial charge is 0.133 e. The molecule has 0 heterocycles. The lowest BCUT2D eigenvalue weighted by Crippen LogP contribution is -1.52. The fourth-order valence-corrected chi connectivity index (χ4v) is 0. The Kier molecular flexibility index (Phi) is 2.00. The van der Waals surface area contributed by atoms with Crippen LogP contribution in [0.3, 0.4) is 0 Å². The van der Waals surface area contributed by atoms with Crippen LogP contribution in [0.1, 0.15) is 0 Å². The maximum absolute atomic E-state index is 2.23. The van der Waals surface area contributed by atoms with E-state index in [9.17, 15) is 0 Å². The minimum absolute atomic E-state index is 0.380. The molecule has 0 radical (unpaired) electrons. The average Bonchev–Trinajstić information content (AvgIpc) is 0.811. The first-order valence-corrected chi connectivity index (χ1v) is 4.02. The molecule has 0 N–H and O–H groups in total. The molecule has 0 bridgehead atoms. The molecule has 0 saturated carbocycles. The first-order valence-electron chi connectivity index (χ1n) is 1.34. The van der Waals surface area contributed by atoms with Gasteiger partial charge in [0.25, 0.3) is 0 Å². The highest BCUT2D eigenvalue weighted by atomic mass is 31.1. The summed E-state index contributed by atoms with van der Waals surface area (Å²) in [6.45, 7) is 4.46. The van der Waals surface area contributed by atoms with E-state index in [-0.39, 0.29) is 0 Å². The minimum atomic E-state index is 0.380. The molecule has 0 atom stereocenters. The van der Waals surface area contributed by atoms with Gasteiger partial charge in [-0.1, -0.05) is 13.3 Å². The van der Waals surface area contributed by atoms with Crippen molar-refractivity contribution in [1.29, 1.82) is 0 Å². The van der Waals surface area contributed by atoms with E-state index in [1.54, 1.807) is 0 Å². The van der Waals surface area contributed by atoms with E-state index in [1.165, 1.54) is 0 Å². The van der Waals surface area contributed by atoms with E-state index >= 15 is 0 Å². The largest absolute Gasteiger partial charge is 0.156 e. The molecular weight excluding hydrogens is 65.8 g/mol. The Bertz CT molecular complexity index is 10.8. The molecule has 0 amide bonds. The van der Waals surface area contributed by atoms with E-state index in [0.29, 0.717) is 7.80 Å². The highest BCUT2D eigenvalue weighted by molar-refractivity contribution is 7.80. The van der Waals surface area contributed by atoms with Crippen LogP contribution in [0.2, 0.25) is 0 Å². The average molecular weight is 73.9 g/mol. The zero-order valence-corrected chi connectivity index (χ0v) is 4.34. The van der Waals surface area contributed by atoms with E-state index in [0.717, 1.165) is 0 Å². The fourth-order valence-electron chi connectivity index (χ4n) is 0. The Labute approximate surface area is 29.7 Å². The van der Waals surface area contributed by atoms with Gasteiger partial charge in [-0.15, -0.1) is 0 Å². The second-order valence-corrected chi connectivity index (χ2v) is 4.02. The molecule has 0 aromatic carbocycles. The highest BCUT2D eigenvalue weighted by Crippen LogP contribution is 2.12. The fraction of sp³-hybridized carbons (Fsp3) is 1.00. The molecule has 0 aromatic heterocycles. The Morgan fingerprint density at radius 2 is 1.50 bits per heavy atom. The van der Waals surface area contributed by atoms with Crippen molar-refractivity contribution in [2.45, 2.75) is 0 Å². The van der Waals surface area contributed by atoms with Gasteiger partial charge in [-0.3, -0.25) is 0 Å². The van der Waals surface area contributed by atoms with E-state index in [1.807, 2.05) is 0 Å². The van der Waals surface area contributed by atoms with Gasteiger partial charge in [0.2, 0.25) is 0 Å². The van der Waals surface area contributed by atoms with Gasteiger partial charge in [-0.05, 0) is 0 Å². The van der Waals surface area contributed by atoms with Crippen LogP contribution in [0.4, 0.5) is 0 Å². The van der Waals surface area contributed by atoms with Crippen molar-refractivity contribution in [1.82, 2.24) is 0 Å². The third-order valence-corrected chi connectivity index (χ3v) is 0. The number of rotatable bonds is 0. The standard InChI is InChI=1S/C2H8BP/c1-4(2)3/h3H2,1-2H3. The lowest BCUT2D eigenvalue weighted by Gasteiger charge is -1.81. The molecule has 0 rings (SSSR count). The quantitative estimate of drug-likeness (QED) is 0.286. The zero-order chi connectivity index (χ0) is 3.58. The van der Waals surface area contributed by atoms with Crippen LogP contribution in [0.5, 0.6) is 0 Å². The van der Waals surface area contributed by atoms with Crippen LogP contribution >= 0.6 is 7.80 Å². The minimum Gasteiger partial charge on any atom is -0.156 e. The molecule has 0 saturated heterocycles. The normalized spacial score (nSPS) is 8.75. The Hall–Kier alpha value is 0.495. The predicted octanol–water partition coefficient (Wildman–Crippen LogP) is 0.276. The zero-order valence-electron chi connectivity index (χ0n) is 3.45. The molecule has 4 heavy (non-hydrogen) atoms. The van der Waals surface area contributed by atoms with E-state index in [4.69, 9.17) is 0 Å². The van der Waals surface area contributed by atoms with E-state index in [2.05, 4.69) is 20.9 Å². The van der Waals surface area contributed by atoms with Crippen molar-refractivity contribution >= 4 is 15.4 Å². The van der Waals surface area contributed by atoms with Gasteiger partial charge in [0.1, 0.15) is 7.57 Å². The van der Waals surface area contributed by atoms with Gasteiger partial charge in [0.15, 0.2) is 0 Å². The predicted molar refractivity (Wildman–Crippen MR) is 27.3 cm³/mol. The molecule has 0 nitrogen and oxygen atoms in total. The first kappa shape index (κ1) is 4.49. The van der Waals surface area contributed by atoms with Crippen molar-refractivity contribution in [3.05, 3.63) is 0 Å². The van der Waals surface area contributed by atoms with Crippen molar-refractivity contribution < 1.29 is 0 Å². The van der Waals surface area contributed by atoms with Gasteiger partial charge in [-0.2, -0.15) is 7.80 Å². The van der Waals surface area contributed by atoms with Crippen LogP contribution in [-0.2, 0) is 0 Å². The molecule has 0 unspecified atom stereocenters. The van der Waals surface area contributed by atoms with Gasteiger partial charge in [-0.25, -0.2) is 0 Å². The van der Waals surface area contributed by atoms with Crippen LogP contribution in [0, 0.1) is 0 Å².